The lowest BCUT2D eigenvalue weighted by Crippen LogP contribution is -2.38. The maximum absolute atomic E-state index is 13.7. The molecule has 0 aliphatic heterocycles. The first-order valence-corrected chi connectivity index (χ1v) is 8.23. The van der Waals surface area contributed by atoms with Crippen LogP contribution in [-0.2, 0) is 14.8 Å². The Morgan fingerprint density at radius 2 is 1.86 bits per heavy atom. The van der Waals surface area contributed by atoms with Crippen LogP contribution in [0.3, 0.4) is 0 Å². The summed E-state index contributed by atoms with van der Waals surface area (Å²) >= 11 is 0. The lowest BCUT2D eigenvalue weighted by molar-refractivity contribution is -0.116. The first-order chi connectivity index (χ1) is 10.2. The zero-order valence-corrected chi connectivity index (χ0v) is 13.0. The Bertz CT molecular complexity index is 650. The summed E-state index contributed by atoms with van der Waals surface area (Å²) < 4.78 is 65.1. The van der Waals surface area contributed by atoms with E-state index >= 15 is 0 Å². The van der Waals surface area contributed by atoms with Crippen molar-refractivity contribution in [3.05, 3.63) is 29.6 Å². The second kappa shape index (κ2) is 7.59. The highest BCUT2D eigenvalue weighted by Crippen LogP contribution is 2.23. The van der Waals surface area contributed by atoms with E-state index in [1.54, 1.807) is 6.92 Å². The van der Waals surface area contributed by atoms with E-state index < -0.39 is 39.1 Å². The van der Waals surface area contributed by atoms with Crippen LogP contribution in [0.2, 0.25) is 0 Å². The van der Waals surface area contributed by atoms with Gasteiger partial charge in [0, 0.05) is 20.0 Å². The lowest BCUT2D eigenvalue weighted by atomic mass is 10.2. The van der Waals surface area contributed by atoms with Gasteiger partial charge in [-0.25, -0.2) is 26.3 Å². The Balaban J connectivity index is 2.88. The fraction of sp³-hybridized carbons (Fsp3) is 0.462. The number of sulfonamides is 1. The molecule has 0 aliphatic carbocycles. The molecule has 0 atom stereocenters. The molecule has 9 heteroatoms. The quantitative estimate of drug-likeness (QED) is 0.771. The summed E-state index contributed by atoms with van der Waals surface area (Å²) in [6.07, 6.45) is 0.420. The summed E-state index contributed by atoms with van der Waals surface area (Å²) in [7, 11) is -3.48. The highest BCUT2D eigenvalue weighted by Gasteiger charge is 2.21. The summed E-state index contributed by atoms with van der Waals surface area (Å²) in [4.78, 5) is 12.4. The van der Waals surface area contributed by atoms with Gasteiger partial charge in [-0.1, -0.05) is 6.92 Å². The third-order valence-electron chi connectivity index (χ3n) is 2.82. The largest absolute Gasteiger partial charge is 0.308 e. The predicted molar refractivity (Wildman–Crippen MR) is 76.4 cm³/mol. The lowest BCUT2D eigenvalue weighted by Gasteiger charge is -2.22. The van der Waals surface area contributed by atoms with Crippen LogP contribution in [0.25, 0.3) is 0 Å². The maximum atomic E-state index is 13.7. The third-order valence-corrected chi connectivity index (χ3v) is 4.41. The van der Waals surface area contributed by atoms with Crippen molar-refractivity contribution in [1.29, 1.82) is 0 Å². The van der Waals surface area contributed by atoms with E-state index in [1.807, 2.05) is 0 Å². The molecule has 0 bridgehead atoms. The van der Waals surface area contributed by atoms with Crippen molar-refractivity contribution >= 4 is 21.6 Å². The number of nitrogens with one attached hydrogen (secondary N) is 1. The first-order valence-electron chi connectivity index (χ1n) is 6.58. The van der Waals surface area contributed by atoms with Gasteiger partial charge >= 0.3 is 0 Å². The molecule has 0 unspecified atom stereocenters. The van der Waals surface area contributed by atoms with E-state index in [-0.39, 0.29) is 18.8 Å². The molecule has 1 aromatic rings. The molecule has 1 aromatic carbocycles. The summed E-state index contributed by atoms with van der Waals surface area (Å²) in [5.41, 5.74) is -0.443. The fourth-order valence-corrected chi connectivity index (χ4v) is 2.91. The maximum Gasteiger partial charge on any atom is 0.223 e. The molecule has 5 nitrogen and oxygen atoms in total. The van der Waals surface area contributed by atoms with Crippen molar-refractivity contribution in [2.75, 3.05) is 23.7 Å². The smallest absolute Gasteiger partial charge is 0.223 e. The minimum Gasteiger partial charge on any atom is -0.308 e. The highest BCUT2D eigenvalue weighted by molar-refractivity contribution is 7.89. The van der Waals surface area contributed by atoms with Crippen LogP contribution in [0.15, 0.2) is 12.1 Å². The molecule has 0 aliphatic rings. The summed E-state index contributed by atoms with van der Waals surface area (Å²) in [5, 5.41) is 0. The monoisotopic (exact) mass is 338 g/mol. The second-order valence-electron chi connectivity index (χ2n) is 4.58. The fourth-order valence-electron chi connectivity index (χ4n) is 1.83. The number of benzene rings is 1. The number of carbonyl (C=O) groups excluding carboxylic acids is 1. The zero-order chi connectivity index (χ0) is 16.9. The van der Waals surface area contributed by atoms with Crippen LogP contribution in [-0.4, -0.2) is 33.2 Å². The van der Waals surface area contributed by atoms with Gasteiger partial charge in [0.2, 0.25) is 15.9 Å². The average molecular weight is 338 g/mol. The molecule has 0 radical (unpaired) electrons. The van der Waals surface area contributed by atoms with Gasteiger partial charge in [-0.3, -0.25) is 4.79 Å². The number of nitrogens with zero attached hydrogens (tertiary/aromatic N) is 1. The van der Waals surface area contributed by atoms with E-state index in [2.05, 4.69) is 4.72 Å². The van der Waals surface area contributed by atoms with Crippen LogP contribution in [0, 0.1) is 17.5 Å². The van der Waals surface area contributed by atoms with Gasteiger partial charge in [0.1, 0.15) is 0 Å². The van der Waals surface area contributed by atoms with Gasteiger partial charge in [-0.05, 0) is 18.6 Å². The zero-order valence-electron chi connectivity index (χ0n) is 12.2. The molecule has 0 fully saturated rings. The van der Waals surface area contributed by atoms with Crippen LogP contribution in [0.1, 0.15) is 20.3 Å². The van der Waals surface area contributed by atoms with Crippen molar-refractivity contribution in [1.82, 2.24) is 4.72 Å². The van der Waals surface area contributed by atoms with Gasteiger partial charge in [-0.15, -0.1) is 0 Å². The summed E-state index contributed by atoms with van der Waals surface area (Å²) in [5.74, 6) is -5.25. The normalized spacial score (nSPS) is 11.5. The molecule has 0 spiro atoms. The topological polar surface area (TPSA) is 66.5 Å². The predicted octanol–water partition coefficient (Wildman–Crippen LogP) is 1.79. The van der Waals surface area contributed by atoms with Crippen molar-refractivity contribution in [2.45, 2.75) is 20.3 Å². The number of amides is 1. The minimum atomic E-state index is -3.48. The SMILES string of the molecule is CCCS(=O)(=O)NCCN(C(C)=O)c1ccc(F)c(F)c1F. The van der Waals surface area contributed by atoms with Crippen LogP contribution < -0.4 is 9.62 Å². The Morgan fingerprint density at radius 1 is 1.23 bits per heavy atom. The van der Waals surface area contributed by atoms with Crippen molar-refractivity contribution in [2.24, 2.45) is 0 Å². The standard InChI is InChI=1S/C13H17F3N2O3S/c1-3-8-22(20,21)17-6-7-18(9(2)19)11-5-4-10(14)12(15)13(11)16/h4-5,17H,3,6-8H2,1-2H3. The number of halogens is 3. The molecule has 0 heterocycles. The third kappa shape index (κ3) is 4.70. The average Bonchev–Trinajstić information content (AvgIpc) is 2.42. The Labute approximate surface area is 127 Å². The van der Waals surface area contributed by atoms with Gasteiger partial charge in [0.25, 0.3) is 0 Å². The second-order valence-corrected chi connectivity index (χ2v) is 6.50. The van der Waals surface area contributed by atoms with Gasteiger partial charge in [0.05, 0.1) is 11.4 Å². The van der Waals surface area contributed by atoms with E-state index in [0.29, 0.717) is 12.5 Å². The number of hydrogen-bond donors (Lipinski definition) is 1. The van der Waals surface area contributed by atoms with Crippen molar-refractivity contribution in [3.8, 4) is 0 Å². The van der Waals surface area contributed by atoms with E-state index in [1.165, 1.54) is 0 Å². The molecule has 1 amide bonds. The molecule has 0 saturated carbocycles. The molecule has 1 N–H and O–H groups in total. The number of hydrogen-bond acceptors (Lipinski definition) is 3. The van der Waals surface area contributed by atoms with Crippen LogP contribution in [0.5, 0.6) is 0 Å². The van der Waals surface area contributed by atoms with Gasteiger partial charge in [-0.2, -0.15) is 0 Å². The number of rotatable bonds is 7. The van der Waals surface area contributed by atoms with Crippen molar-refractivity contribution < 1.29 is 26.4 Å². The first kappa shape index (κ1) is 18.4. The Morgan fingerprint density at radius 3 is 2.41 bits per heavy atom. The molecule has 0 aromatic heterocycles. The molecular weight excluding hydrogens is 321 g/mol. The van der Waals surface area contributed by atoms with E-state index in [4.69, 9.17) is 0 Å². The minimum absolute atomic E-state index is 0.0768. The van der Waals surface area contributed by atoms with Crippen LogP contribution in [0.4, 0.5) is 18.9 Å². The molecule has 22 heavy (non-hydrogen) atoms. The molecule has 0 saturated heterocycles. The van der Waals surface area contributed by atoms with Crippen molar-refractivity contribution in [3.63, 3.8) is 0 Å². The summed E-state index contributed by atoms with van der Waals surface area (Å²) in [6, 6.07) is 1.63. The van der Waals surface area contributed by atoms with Gasteiger partial charge < -0.3 is 4.90 Å². The van der Waals surface area contributed by atoms with Gasteiger partial charge in [0.15, 0.2) is 17.5 Å². The Hall–Kier alpha value is -1.61. The number of carbonyl (C=O) groups is 1. The summed E-state index contributed by atoms with van der Waals surface area (Å²) in [6.45, 7) is 2.43. The van der Waals surface area contributed by atoms with E-state index in [0.717, 1.165) is 17.9 Å². The highest BCUT2D eigenvalue weighted by atomic mass is 32.2. The number of anilines is 1. The van der Waals surface area contributed by atoms with E-state index in [9.17, 15) is 26.4 Å². The van der Waals surface area contributed by atoms with Crippen LogP contribution >= 0.6 is 0 Å². The molecule has 124 valence electrons. The Kier molecular flexibility index (Phi) is 6.36. The molecule has 1 rings (SSSR count). The molecular formula is C13H17F3N2O3S.